The van der Waals surface area contributed by atoms with Crippen LogP contribution in [0, 0.1) is 13.8 Å². The molecular weight excluding hydrogens is 294 g/mol. The third kappa shape index (κ3) is 4.70. The normalized spacial score (nSPS) is 10.3. The van der Waals surface area contributed by atoms with Crippen LogP contribution in [0.4, 0.5) is 0 Å². The molecule has 4 nitrogen and oxygen atoms in total. The lowest BCUT2D eigenvalue weighted by atomic mass is 10.1. The predicted molar refractivity (Wildman–Crippen MR) is 94.1 cm³/mol. The molecule has 0 atom stereocenters. The van der Waals surface area contributed by atoms with Gasteiger partial charge >= 0.3 is 0 Å². The Hall–Kier alpha value is -2.14. The maximum Gasteiger partial charge on any atom is 0.253 e. The number of aromatic amines is 1. The third-order valence-corrected chi connectivity index (χ3v) is 3.75. The van der Waals surface area contributed by atoms with Crippen molar-refractivity contribution in [2.45, 2.75) is 26.8 Å². The van der Waals surface area contributed by atoms with Crippen molar-refractivity contribution in [1.82, 2.24) is 15.6 Å². The second kappa shape index (κ2) is 7.75. The fourth-order valence-electron chi connectivity index (χ4n) is 2.30. The summed E-state index contributed by atoms with van der Waals surface area (Å²) in [5.41, 5.74) is 3.77. The summed E-state index contributed by atoms with van der Waals surface area (Å²) in [6.07, 6.45) is 0.910. The van der Waals surface area contributed by atoms with E-state index in [-0.39, 0.29) is 5.56 Å². The molecule has 0 amide bonds. The van der Waals surface area contributed by atoms with E-state index >= 15 is 0 Å². The minimum atomic E-state index is -0.0583. The molecule has 0 aliphatic heterocycles. The number of H-pyrrole nitrogens is 1. The number of nitrogens with one attached hydrogen (secondary N) is 3. The first-order valence-electron chi connectivity index (χ1n) is 7.31. The van der Waals surface area contributed by atoms with Crippen molar-refractivity contribution in [3.63, 3.8) is 0 Å². The zero-order valence-corrected chi connectivity index (χ0v) is 13.7. The van der Waals surface area contributed by atoms with Gasteiger partial charge in [0.2, 0.25) is 0 Å². The van der Waals surface area contributed by atoms with Gasteiger partial charge in [-0.05, 0) is 49.7 Å². The second-order valence-electron chi connectivity index (χ2n) is 5.29. The predicted octanol–water partition coefficient (Wildman–Crippen LogP) is 2.20. The molecule has 0 saturated carbocycles. The molecule has 0 bridgehead atoms. The standard InChI is InChI=1S/C17H21N3OS/c1-12-10-13(2)20-16(21)15(12)11-19-17(22)18-9-8-14-6-4-3-5-7-14/h3-7,10H,8-9,11H2,1-2H3,(H,20,21)(H2,18,19,22). The van der Waals surface area contributed by atoms with Gasteiger partial charge in [-0.25, -0.2) is 0 Å². The van der Waals surface area contributed by atoms with Crippen LogP contribution in [0.1, 0.15) is 22.4 Å². The van der Waals surface area contributed by atoms with Crippen molar-refractivity contribution in [2.24, 2.45) is 0 Å². The van der Waals surface area contributed by atoms with Crippen molar-refractivity contribution in [1.29, 1.82) is 0 Å². The van der Waals surface area contributed by atoms with Crippen molar-refractivity contribution >= 4 is 17.3 Å². The minimum absolute atomic E-state index is 0.0583. The maximum atomic E-state index is 11.9. The number of thiocarbonyl (C=S) groups is 1. The molecule has 1 heterocycles. The highest BCUT2D eigenvalue weighted by Crippen LogP contribution is 2.03. The molecule has 116 valence electrons. The van der Waals surface area contributed by atoms with E-state index in [4.69, 9.17) is 12.2 Å². The molecule has 3 N–H and O–H groups in total. The highest BCUT2D eigenvalue weighted by Gasteiger charge is 2.05. The summed E-state index contributed by atoms with van der Waals surface area (Å²) in [5, 5.41) is 6.81. The van der Waals surface area contributed by atoms with Crippen LogP contribution in [0.15, 0.2) is 41.2 Å². The summed E-state index contributed by atoms with van der Waals surface area (Å²) < 4.78 is 0. The van der Waals surface area contributed by atoms with Crippen LogP contribution in [0.2, 0.25) is 0 Å². The van der Waals surface area contributed by atoms with Gasteiger partial charge in [0.05, 0.1) is 0 Å². The molecule has 1 aromatic carbocycles. The molecule has 2 aromatic rings. The van der Waals surface area contributed by atoms with Crippen LogP contribution in [0.25, 0.3) is 0 Å². The SMILES string of the molecule is Cc1cc(C)c(CNC(=S)NCCc2ccccc2)c(=O)[nH]1. The quantitative estimate of drug-likeness (QED) is 0.741. The molecular formula is C17H21N3OS. The Morgan fingerprint density at radius 1 is 1.18 bits per heavy atom. The van der Waals surface area contributed by atoms with E-state index in [2.05, 4.69) is 27.8 Å². The van der Waals surface area contributed by atoms with E-state index in [0.717, 1.165) is 29.8 Å². The summed E-state index contributed by atoms with van der Waals surface area (Å²) >= 11 is 5.25. The maximum absolute atomic E-state index is 11.9. The van der Waals surface area contributed by atoms with Gasteiger partial charge in [0.15, 0.2) is 5.11 Å². The van der Waals surface area contributed by atoms with E-state index in [1.54, 1.807) is 0 Å². The molecule has 0 fully saturated rings. The fraction of sp³-hybridized carbons (Fsp3) is 0.294. The molecule has 5 heteroatoms. The lowest BCUT2D eigenvalue weighted by Crippen LogP contribution is -2.37. The monoisotopic (exact) mass is 315 g/mol. The lowest BCUT2D eigenvalue weighted by molar-refractivity contribution is 0.805. The molecule has 0 aliphatic rings. The van der Waals surface area contributed by atoms with Crippen LogP contribution in [0.3, 0.4) is 0 Å². The van der Waals surface area contributed by atoms with Crippen molar-refractivity contribution in [2.75, 3.05) is 6.54 Å². The van der Waals surface area contributed by atoms with E-state index in [1.807, 2.05) is 38.1 Å². The number of hydrogen-bond donors (Lipinski definition) is 3. The van der Waals surface area contributed by atoms with E-state index in [0.29, 0.717) is 11.7 Å². The Kier molecular flexibility index (Phi) is 5.72. The molecule has 0 saturated heterocycles. The lowest BCUT2D eigenvalue weighted by Gasteiger charge is -2.12. The molecule has 0 unspecified atom stereocenters. The Morgan fingerprint density at radius 2 is 1.91 bits per heavy atom. The van der Waals surface area contributed by atoms with Crippen LogP contribution in [-0.4, -0.2) is 16.6 Å². The number of rotatable bonds is 5. The van der Waals surface area contributed by atoms with Crippen LogP contribution in [0.5, 0.6) is 0 Å². The average Bonchev–Trinajstić information content (AvgIpc) is 2.47. The van der Waals surface area contributed by atoms with Gasteiger partial charge in [-0.15, -0.1) is 0 Å². The van der Waals surface area contributed by atoms with E-state index in [9.17, 15) is 4.79 Å². The van der Waals surface area contributed by atoms with E-state index < -0.39 is 0 Å². The molecule has 0 spiro atoms. The smallest absolute Gasteiger partial charge is 0.253 e. The first kappa shape index (κ1) is 16.2. The first-order chi connectivity index (χ1) is 10.6. The topological polar surface area (TPSA) is 56.9 Å². The second-order valence-corrected chi connectivity index (χ2v) is 5.70. The zero-order chi connectivity index (χ0) is 15.9. The van der Waals surface area contributed by atoms with Gasteiger partial charge < -0.3 is 15.6 Å². The van der Waals surface area contributed by atoms with E-state index in [1.165, 1.54) is 5.56 Å². The van der Waals surface area contributed by atoms with Gasteiger partial charge in [-0.3, -0.25) is 4.79 Å². The largest absolute Gasteiger partial charge is 0.362 e. The van der Waals surface area contributed by atoms with Gasteiger partial charge in [0.1, 0.15) is 0 Å². The summed E-state index contributed by atoms with van der Waals surface area (Å²) in [4.78, 5) is 14.7. The Labute approximate surface area is 136 Å². The zero-order valence-electron chi connectivity index (χ0n) is 12.9. The molecule has 0 aliphatic carbocycles. The molecule has 2 rings (SSSR count). The minimum Gasteiger partial charge on any atom is -0.362 e. The van der Waals surface area contributed by atoms with Gasteiger partial charge in [0.25, 0.3) is 5.56 Å². The Bertz CT molecular complexity index is 695. The number of benzene rings is 1. The average molecular weight is 315 g/mol. The van der Waals surface area contributed by atoms with Gasteiger partial charge in [-0.2, -0.15) is 0 Å². The molecule has 0 radical (unpaired) electrons. The van der Waals surface area contributed by atoms with Crippen molar-refractivity contribution in [3.05, 3.63) is 69.1 Å². The summed E-state index contributed by atoms with van der Waals surface area (Å²) in [5.74, 6) is 0. The van der Waals surface area contributed by atoms with Crippen LogP contribution >= 0.6 is 12.2 Å². The van der Waals surface area contributed by atoms with Gasteiger partial charge in [-0.1, -0.05) is 30.3 Å². The Morgan fingerprint density at radius 3 is 2.59 bits per heavy atom. The number of pyridine rings is 1. The first-order valence-corrected chi connectivity index (χ1v) is 7.72. The highest BCUT2D eigenvalue weighted by atomic mass is 32.1. The van der Waals surface area contributed by atoms with Crippen LogP contribution in [-0.2, 0) is 13.0 Å². The van der Waals surface area contributed by atoms with Crippen molar-refractivity contribution < 1.29 is 0 Å². The number of aryl methyl sites for hydroxylation is 2. The number of aromatic nitrogens is 1. The number of hydrogen-bond acceptors (Lipinski definition) is 2. The summed E-state index contributed by atoms with van der Waals surface area (Å²) in [6.45, 7) is 5.00. The van der Waals surface area contributed by atoms with Gasteiger partial charge in [0, 0.05) is 24.3 Å². The highest BCUT2D eigenvalue weighted by molar-refractivity contribution is 7.80. The fourth-order valence-corrected chi connectivity index (χ4v) is 2.47. The van der Waals surface area contributed by atoms with Crippen LogP contribution < -0.4 is 16.2 Å². The Balaban J connectivity index is 1.80. The summed E-state index contributed by atoms with van der Waals surface area (Å²) in [7, 11) is 0. The third-order valence-electron chi connectivity index (χ3n) is 3.46. The molecule has 22 heavy (non-hydrogen) atoms. The van der Waals surface area contributed by atoms with Crippen molar-refractivity contribution in [3.8, 4) is 0 Å². The molecule has 1 aromatic heterocycles. The summed E-state index contributed by atoms with van der Waals surface area (Å²) in [6, 6.07) is 12.2.